The van der Waals surface area contributed by atoms with E-state index in [1.165, 1.54) is 44.1 Å². The van der Waals surface area contributed by atoms with Crippen molar-refractivity contribution in [3.8, 4) is 0 Å². The zero-order chi connectivity index (χ0) is 24.1. The van der Waals surface area contributed by atoms with Gasteiger partial charge in [-0.2, -0.15) is 0 Å². The van der Waals surface area contributed by atoms with Gasteiger partial charge in [0.1, 0.15) is 0 Å². The zero-order valence-corrected chi connectivity index (χ0v) is 22.1. The van der Waals surface area contributed by atoms with Gasteiger partial charge in [-0.15, -0.1) is 0 Å². The van der Waals surface area contributed by atoms with Gasteiger partial charge in [-0.05, 0) is 72.9 Å². The number of hydrogen-bond donors (Lipinski definition) is 1. The molecule has 2 aromatic carbocycles. The van der Waals surface area contributed by atoms with Gasteiger partial charge in [-0.3, -0.25) is 4.79 Å². The molecule has 180 valence electrons. The van der Waals surface area contributed by atoms with Crippen molar-refractivity contribution in [3.63, 3.8) is 0 Å². The maximum Gasteiger partial charge on any atom is 0.314 e. The van der Waals surface area contributed by atoms with Crippen LogP contribution >= 0.6 is 46.4 Å². The molecule has 0 unspecified atom stereocenters. The van der Waals surface area contributed by atoms with Crippen molar-refractivity contribution < 1.29 is 9.90 Å². The van der Waals surface area contributed by atoms with Crippen molar-refractivity contribution in [2.45, 2.75) is 88.4 Å². The second-order valence-electron chi connectivity index (χ2n) is 9.40. The first-order chi connectivity index (χ1) is 15.7. The fourth-order valence-electron chi connectivity index (χ4n) is 5.48. The molecular formula is C27H32Cl4O2. The summed E-state index contributed by atoms with van der Waals surface area (Å²) in [6, 6.07) is 11.3. The van der Waals surface area contributed by atoms with Crippen molar-refractivity contribution in [3.05, 3.63) is 67.6 Å². The predicted octanol–water partition coefficient (Wildman–Crippen LogP) is 9.89. The topological polar surface area (TPSA) is 37.3 Å². The number of aliphatic carboxylic acids is 1. The van der Waals surface area contributed by atoms with Gasteiger partial charge in [-0.1, -0.05) is 104 Å². The highest BCUT2D eigenvalue weighted by Crippen LogP contribution is 2.44. The molecule has 0 amide bonds. The molecule has 33 heavy (non-hydrogen) atoms. The van der Waals surface area contributed by atoms with Gasteiger partial charge < -0.3 is 5.11 Å². The fourth-order valence-corrected chi connectivity index (χ4v) is 6.07. The summed E-state index contributed by atoms with van der Waals surface area (Å²) in [5, 5.41) is 11.8. The van der Waals surface area contributed by atoms with Crippen molar-refractivity contribution in [1.29, 1.82) is 0 Å². The first-order valence-corrected chi connectivity index (χ1v) is 13.4. The van der Waals surface area contributed by atoms with Gasteiger partial charge in [0.15, 0.2) is 0 Å². The normalized spacial score (nSPS) is 19.3. The molecule has 0 spiro atoms. The van der Waals surface area contributed by atoms with Crippen LogP contribution in [0, 0.1) is 0 Å². The minimum Gasteiger partial charge on any atom is -0.481 e. The minimum atomic E-state index is -0.771. The molecule has 2 nitrogen and oxygen atoms in total. The van der Waals surface area contributed by atoms with Gasteiger partial charge in [-0.25, -0.2) is 0 Å². The molecule has 0 radical (unpaired) electrons. The number of benzene rings is 2. The monoisotopic (exact) mass is 528 g/mol. The molecule has 0 aliphatic heterocycles. The average Bonchev–Trinajstić information content (AvgIpc) is 2.83. The van der Waals surface area contributed by atoms with Crippen LogP contribution in [0.25, 0.3) is 0 Å². The number of hydrogen-bond acceptors (Lipinski definition) is 1. The Hall–Kier alpha value is -0.930. The molecule has 4 rings (SSSR count). The van der Waals surface area contributed by atoms with Gasteiger partial charge >= 0.3 is 5.97 Å². The van der Waals surface area contributed by atoms with E-state index in [1.54, 1.807) is 18.2 Å². The third-order valence-corrected chi connectivity index (χ3v) is 9.09. The van der Waals surface area contributed by atoms with E-state index in [0.29, 0.717) is 38.3 Å². The lowest BCUT2D eigenvalue weighted by Crippen LogP contribution is -2.37. The summed E-state index contributed by atoms with van der Waals surface area (Å²) in [6.45, 7) is 2.29. The summed E-state index contributed by atoms with van der Waals surface area (Å²) < 4.78 is 0. The van der Waals surface area contributed by atoms with Gasteiger partial charge in [0.2, 0.25) is 0 Å². The lowest BCUT2D eigenvalue weighted by Gasteiger charge is -2.37. The minimum absolute atomic E-state index is 0.354. The van der Waals surface area contributed by atoms with Crippen LogP contribution in [-0.2, 0) is 15.6 Å². The quantitative estimate of drug-likeness (QED) is 0.427. The van der Waals surface area contributed by atoms with Crippen LogP contribution in [-0.4, -0.2) is 11.1 Å². The standard InChI is InChI=1S/C14H18Cl2.C13H14Cl2O2/c1-2-14(8-4-3-5-9-14)11-6-7-12(15)13(16)10-11;14-10-5-4-9(8-11(10)15)13(12(16)17)6-2-1-3-7-13/h6-7,10H,2-5,8-9H2,1H3;4-5,8H,1-3,6-7H2,(H,16,17). The smallest absolute Gasteiger partial charge is 0.314 e. The van der Waals surface area contributed by atoms with Crippen molar-refractivity contribution in [2.24, 2.45) is 0 Å². The first kappa shape index (κ1) is 26.7. The molecule has 2 saturated carbocycles. The molecule has 2 aromatic rings. The molecule has 0 saturated heterocycles. The zero-order valence-electron chi connectivity index (χ0n) is 19.1. The Balaban J connectivity index is 0.000000186. The van der Waals surface area contributed by atoms with E-state index < -0.39 is 11.4 Å². The van der Waals surface area contributed by atoms with Crippen LogP contribution in [0.5, 0.6) is 0 Å². The van der Waals surface area contributed by atoms with Gasteiger partial charge in [0.25, 0.3) is 0 Å². The number of halogens is 4. The second-order valence-corrected chi connectivity index (χ2v) is 11.0. The summed E-state index contributed by atoms with van der Waals surface area (Å²) >= 11 is 23.9. The first-order valence-electron chi connectivity index (χ1n) is 11.9. The number of carboxylic acids is 1. The van der Waals surface area contributed by atoms with E-state index in [4.69, 9.17) is 46.4 Å². The van der Waals surface area contributed by atoms with E-state index in [0.717, 1.165) is 24.8 Å². The molecule has 0 bridgehead atoms. The summed E-state index contributed by atoms with van der Waals surface area (Å²) in [5.41, 5.74) is 1.74. The molecule has 2 aliphatic rings. The number of rotatable bonds is 4. The van der Waals surface area contributed by atoms with Crippen molar-refractivity contribution in [2.75, 3.05) is 0 Å². The fraction of sp³-hybridized carbons (Fsp3) is 0.519. The summed E-state index contributed by atoms with van der Waals surface area (Å²) in [4.78, 5) is 11.6. The predicted molar refractivity (Wildman–Crippen MR) is 140 cm³/mol. The van der Waals surface area contributed by atoms with Crippen LogP contribution in [0.15, 0.2) is 36.4 Å². The highest BCUT2D eigenvalue weighted by Gasteiger charge is 2.41. The Kier molecular flexibility index (Phi) is 9.43. The molecule has 0 heterocycles. The summed E-state index contributed by atoms with van der Waals surface area (Å²) in [6.07, 6.45) is 12.2. The number of carboxylic acid groups (broad SMARTS) is 1. The van der Waals surface area contributed by atoms with Crippen LogP contribution in [0.2, 0.25) is 20.1 Å². The van der Waals surface area contributed by atoms with Crippen LogP contribution in [0.4, 0.5) is 0 Å². The average molecular weight is 530 g/mol. The Morgan fingerprint density at radius 2 is 1.18 bits per heavy atom. The van der Waals surface area contributed by atoms with Crippen LogP contribution < -0.4 is 0 Å². The largest absolute Gasteiger partial charge is 0.481 e. The number of carbonyl (C=O) groups is 1. The van der Waals surface area contributed by atoms with Gasteiger partial charge in [0, 0.05) is 0 Å². The molecule has 6 heteroatoms. The van der Waals surface area contributed by atoms with E-state index in [9.17, 15) is 9.90 Å². The van der Waals surface area contributed by atoms with Crippen LogP contribution in [0.3, 0.4) is 0 Å². The molecule has 2 fully saturated rings. The third-order valence-electron chi connectivity index (χ3n) is 7.61. The SMILES string of the molecule is CCC1(c2ccc(Cl)c(Cl)c2)CCCCC1.O=C(O)C1(c2ccc(Cl)c(Cl)c2)CCCCC1. The highest BCUT2D eigenvalue weighted by molar-refractivity contribution is 6.42. The lowest BCUT2D eigenvalue weighted by molar-refractivity contribution is -0.145. The highest BCUT2D eigenvalue weighted by atomic mass is 35.5. The Bertz CT molecular complexity index is 961. The van der Waals surface area contributed by atoms with E-state index in [-0.39, 0.29) is 0 Å². The van der Waals surface area contributed by atoms with Gasteiger partial charge in [0.05, 0.1) is 25.5 Å². The molecule has 1 N–H and O–H groups in total. The third kappa shape index (κ3) is 6.01. The molecule has 0 aromatic heterocycles. The maximum absolute atomic E-state index is 11.6. The van der Waals surface area contributed by atoms with Crippen molar-refractivity contribution >= 4 is 52.4 Å². The molecule has 0 atom stereocenters. The Morgan fingerprint density at radius 3 is 1.64 bits per heavy atom. The van der Waals surface area contributed by atoms with E-state index >= 15 is 0 Å². The van der Waals surface area contributed by atoms with E-state index in [1.807, 2.05) is 6.07 Å². The maximum atomic E-state index is 11.6. The lowest BCUT2D eigenvalue weighted by atomic mass is 9.68. The summed E-state index contributed by atoms with van der Waals surface area (Å²) in [5.74, 6) is -0.754. The molecule has 2 aliphatic carbocycles. The second kappa shape index (κ2) is 11.7. The van der Waals surface area contributed by atoms with Crippen molar-refractivity contribution in [1.82, 2.24) is 0 Å². The van der Waals surface area contributed by atoms with E-state index in [2.05, 4.69) is 19.1 Å². The Morgan fingerprint density at radius 1 is 0.727 bits per heavy atom. The Labute approximate surface area is 217 Å². The summed E-state index contributed by atoms with van der Waals surface area (Å²) in [7, 11) is 0. The van der Waals surface area contributed by atoms with Crippen LogP contribution in [0.1, 0.15) is 88.7 Å². The molecular weight excluding hydrogens is 498 g/mol.